The summed E-state index contributed by atoms with van der Waals surface area (Å²) in [7, 11) is 0. The molecule has 202 valence electrons. The maximum absolute atomic E-state index is 13.5. The van der Waals surface area contributed by atoms with Gasteiger partial charge in [-0.2, -0.15) is 13.2 Å². The van der Waals surface area contributed by atoms with Crippen LogP contribution in [0.2, 0.25) is 5.02 Å². The Morgan fingerprint density at radius 3 is 2.55 bits per heavy atom. The van der Waals surface area contributed by atoms with Gasteiger partial charge in [0.05, 0.1) is 12.2 Å². The van der Waals surface area contributed by atoms with E-state index in [1.54, 1.807) is 24.3 Å². The van der Waals surface area contributed by atoms with Crippen LogP contribution in [-0.4, -0.2) is 36.5 Å². The number of unbranched alkanes of at least 4 members (excludes halogenated alkanes) is 2. The molecule has 0 atom stereocenters. The van der Waals surface area contributed by atoms with Gasteiger partial charge in [0.25, 0.3) is 5.91 Å². The molecule has 0 spiro atoms. The lowest BCUT2D eigenvalue weighted by Crippen LogP contribution is -2.33. The van der Waals surface area contributed by atoms with E-state index < -0.39 is 23.4 Å². The smallest absolute Gasteiger partial charge is 0.417 e. The molecular formula is C27H26ClF3N2O5. The molecule has 0 bridgehead atoms. The van der Waals surface area contributed by atoms with Crippen molar-refractivity contribution < 1.29 is 31.9 Å². The zero-order chi connectivity index (χ0) is 27.4. The lowest BCUT2D eigenvalue weighted by atomic mass is 10.0. The van der Waals surface area contributed by atoms with Gasteiger partial charge in [-0.3, -0.25) is 14.6 Å². The van der Waals surface area contributed by atoms with Crippen molar-refractivity contribution in [1.82, 2.24) is 4.90 Å². The summed E-state index contributed by atoms with van der Waals surface area (Å²) in [5, 5.41) is 0.289. The first-order valence-electron chi connectivity index (χ1n) is 12.3. The van der Waals surface area contributed by atoms with Gasteiger partial charge in [-0.15, -0.1) is 0 Å². The van der Waals surface area contributed by atoms with Crippen molar-refractivity contribution in [2.24, 2.45) is 0 Å². The fraction of sp³-hybridized carbons (Fsp3) is 0.370. The topological polar surface area (TPSA) is 80.1 Å². The Kier molecular flexibility index (Phi) is 8.30. The van der Waals surface area contributed by atoms with E-state index in [-0.39, 0.29) is 36.6 Å². The number of nitrogens with zero attached hydrogens (tertiary/aromatic N) is 2. The fourth-order valence-electron chi connectivity index (χ4n) is 4.46. The number of anilines is 1. The number of urea groups is 1. The largest absolute Gasteiger partial charge is 0.493 e. The Hall–Kier alpha value is -3.53. The maximum Gasteiger partial charge on any atom is 0.417 e. The molecule has 0 saturated carbocycles. The van der Waals surface area contributed by atoms with Gasteiger partial charge in [-0.1, -0.05) is 31.0 Å². The second-order valence-corrected chi connectivity index (χ2v) is 9.39. The molecular weight excluding hydrogens is 525 g/mol. The summed E-state index contributed by atoms with van der Waals surface area (Å²) in [5.41, 5.74) is -1.24. The molecule has 11 heteroatoms. The third-order valence-electron chi connectivity index (χ3n) is 6.24. The minimum atomic E-state index is -4.69. The van der Waals surface area contributed by atoms with Gasteiger partial charge in [0.1, 0.15) is 17.9 Å². The van der Waals surface area contributed by atoms with Crippen LogP contribution in [-0.2, 0) is 17.4 Å². The van der Waals surface area contributed by atoms with E-state index in [1.807, 2.05) is 6.92 Å². The zero-order valence-corrected chi connectivity index (χ0v) is 21.4. The summed E-state index contributed by atoms with van der Waals surface area (Å²) < 4.78 is 51.4. The van der Waals surface area contributed by atoms with Crippen LogP contribution in [0.4, 0.5) is 23.7 Å². The molecule has 0 unspecified atom stereocenters. The summed E-state index contributed by atoms with van der Waals surface area (Å²) in [6, 6.07) is 9.53. The number of amides is 3. The quantitative estimate of drug-likeness (QED) is 0.165. The van der Waals surface area contributed by atoms with Crippen molar-refractivity contribution in [2.75, 3.05) is 24.6 Å². The number of ether oxygens (including phenoxy) is 1. The summed E-state index contributed by atoms with van der Waals surface area (Å²) in [4.78, 5) is 39.5. The molecule has 4 rings (SSSR count). The Balaban J connectivity index is 1.35. The van der Waals surface area contributed by atoms with E-state index in [2.05, 4.69) is 0 Å². The lowest BCUT2D eigenvalue weighted by Gasteiger charge is -2.17. The van der Waals surface area contributed by atoms with Crippen LogP contribution in [0.1, 0.15) is 43.7 Å². The summed E-state index contributed by atoms with van der Waals surface area (Å²) in [6.45, 7) is 2.35. The molecule has 1 aliphatic heterocycles. The number of benzene rings is 2. The van der Waals surface area contributed by atoms with Crippen LogP contribution in [0.15, 0.2) is 51.7 Å². The van der Waals surface area contributed by atoms with Crippen LogP contribution in [0.3, 0.4) is 0 Å². The van der Waals surface area contributed by atoms with Gasteiger partial charge in [-0.05, 0) is 56.0 Å². The van der Waals surface area contributed by atoms with Crippen molar-refractivity contribution in [2.45, 2.75) is 45.2 Å². The number of hydrogen-bond donors (Lipinski definition) is 0. The van der Waals surface area contributed by atoms with Gasteiger partial charge >= 0.3 is 17.8 Å². The number of alkyl halides is 3. The van der Waals surface area contributed by atoms with Crippen molar-refractivity contribution in [1.29, 1.82) is 0 Å². The maximum atomic E-state index is 13.5. The molecule has 0 N–H and O–H groups in total. The van der Waals surface area contributed by atoms with Crippen molar-refractivity contribution >= 4 is 40.2 Å². The predicted molar refractivity (Wildman–Crippen MR) is 137 cm³/mol. The van der Waals surface area contributed by atoms with Crippen molar-refractivity contribution in [3.8, 4) is 5.75 Å². The zero-order valence-electron chi connectivity index (χ0n) is 20.6. The van der Waals surface area contributed by atoms with Crippen molar-refractivity contribution in [3.63, 3.8) is 0 Å². The lowest BCUT2D eigenvalue weighted by molar-refractivity contribution is -0.136. The molecule has 3 aromatic rings. The minimum Gasteiger partial charge on any atom is -0.493 e. The first-order chi connectivity index (χ1) is 18.1. The summed E-state index contributed by atoms with van der Waals surface area (Å²) in [5.74, 6) is 0.0789. The van der Waals surface area contributed by atoms with Gasteiger partial charge in [0.2, 0.25) is 0 Å². The number of imide groups is 1. The third-order valence-corrected chi connectivity index (χ3v) is 6.47. The molecule has 2 heterocycles. The van der Waals surface area contributed by atoms with E-state index in [0.717, 1.165) is 0 Å². The number of rotatable bonds is 10. The highest BCUT2D eigenvalue weighted by atomic mass is 35.5. The molecule has 3 amide bonds. The van der Waals surface area contributed by atoms with Crippen LogP contribution < -0.4 is 15.3 Å². The van der Waals surface area contributed by atoms with E-state index in [1.165, 1.54) is 21.9 Å². The highest BCUT2D eigenvalue weighted by Crippen LogP contribution is 2.37. The standard InChI is InChI=1S/C27H26ClF3N2O5/c1-2-7-20-22(11-10-19-21(27(29,30)31)15-24(35)38-25(19)20)37-13-5-3-4-12-32-23(34)16-33(26(32)36)18-9-6-8-17(28)14-18/h6,8-11,14-15H,2-5,7,12-13,16H2,1H3. The Bertz CT molecular complexity index is 1410. The van der Waals surface area contributed by atoms with Crippen LogP contribution in [0.5, 0.6) is 5.75 Å². The number of carbonyl (C=O) groups excluding carboxylic acids is 2. The van der Waals surface area contributed by atoms with Gasteiger partial charge in [-0.25, -0.2) is 9.59 Å². The first-order valence-corrected chi connectivity index (χ1v) is 12.6. The molecule has 1 saturated heterocycles. The molecule has 1 fully saturated rings. The van der Waals surface area contributed by atoms with Crippen LogP contribution in [0, 0.1) is 0 Å². The van der Waals surface area contributed by atoms with E-state index in [9.17, 15) is 27.6 Å². The second-order valence-electron chi connectivity index (χ2n) is 8.95. The van der Waals surface area contributed by atoms with E-state index in [4.69, 9.17) is 20.8 Å². The molecule has 1 aromatic heterocycles. The Labute approximate surface area is 221 Å². The number of halogens is 4. The molecule has 1 aliphatic rings. The third kappa shape index (κ3) is 5.96. The van der Waals surface area contributed by atoms with Gasteiger partial charge in [0.15, 0.2) is 0 Å². The molecule has 7 nitrogen and oxygen atoms in total. The summed E-state index contributed by atoms with van der Waals surface area (Å²) in [6.07, 6.45) is -1.90. The van der Waals surface area contributed by atoms with Gasteiger partial charge < -0.3 is 9.15 Å². The number of carbonyl (C=O) groups is 2. The fourth-order valence-corrected chi connectivity index (χ4v) is 4.64. The number of hydrogen-bond acceptors (Lipinski definition) is 5. The molecule has 0 radical (unpaired) electrons. The summed E-state index contributed by atoms with van der Waals surface area (Å²) >= 11 is 6.00. The average molecular weight is 551 g/mol. The number of fused-ring (bicyclic) bond motifs is 1. The van der Waals surface area contributed by atoms with Crippen molar-refractivity contribution in [3.05, 3.63) is 69.0 Å². The highest BCUT2D eigenvalue weighted by molar-refractivity contribution is 6.31. The van der Waals surface area contributed by atoms with E-state index in [0.29, 0.717) is 60.2 Å². The van der Waals surface area contributed by atoms with Gasteiger partial charge in [0, 0.05) is 34.3 Å². The Morgan fingerprint density at radius 2 is 1.84 bits per heavy atom. The monoisotopic (exact) mass is 550 g/mol. The van der Waals surface area contributed by atoms with E-state index >= 15 is 0 Å². The predicted octanol–water partition coefficient (Wildman–Crippen LogP) is 6.44. The Morgan fingerprint density at radius 1 is 1.05 bits per heavy atom. The van der Waals surface area contributed by atoms with Crippen LogP contribution >= 0.6 is 11.6 Å². The minimum absolute atomic E-state index is 0.0450. The molecule has 38 heavy (non-hydrogen) atoms. The average Bonchev–Trinajstić information content (AvgIpc) is 3.14. The molecule has 0 aliphatic carbocycles. The first kappa shape index (κ1) is 27.5. The highest BCUT2D eigenvalue weighted by Gasteiger charge is 2.36. The molecule has 2 aromatic carbocycles. The second kappa shape index (κ2) is 11.5. The SMILES string of the molecule is CCCc1c(OCCCCCN2C(=O)CN(c3cccc(Cl)c3)C2=O)ccc2c(C(F)(F)F)cc(=O)oc12. The van der Waals surface area contributed by atoms with Crippen LogP contribution in [0.25, 0.3) is 11.0 Å². The normalized spacial score (nSPS) is 14.1. The number of aryl methyl sites for hydroxylation is 1.